The minimum atomic E-state index is 0.943. The lowest BCUT2D eigenvalue weighted by Crippen LogP contribution is -2.46. The van der Waals surface area contributed by atoms with Crippen LogP contribution in [-0.2, 0) is 6.54 Å². The van der Waals surface area contributed by atoms with Crippen molar-refractivity contribution in [1.82, 2.24) is 14.9 Å². The molecule has 26 heavy (non-hydrogen) atoms. The maximum Gasteiger partial charge on any atom is 0.129 e. The fourth-order valence-corrected chi connectivity index (χ4v) is 4.56. The van der Waals surface area contributed by atoms with E-state index in [4.69, 9.17) is 9.97 Å². The molecule has 5 rings (SSSR count). The van der Waals surface area contributed by atoms with Crippen molar-refractivity contribution in [3.63, 3.8) is 0 Å². The van der Waals surface area contributed by atoms with Crippen molar-refractivity contribution in [3.8, 4) is 0 Å². The van der Waals surface area contributed by atoms with Crippen LogP contribution < -0.4 is 4.90 Å². The summed E-state index contributed by atoms with van der Waals surface area (Å²) in [5.74, 6) is 1.09. The second-order valence-corrected chi connectivity index (χ2v) is 7.82. The Bertz CT molecular complexity index is 1020. The molecular formula is C21H20N4S. The number of fused-ring (bicyclic) bond motifs is 2. The normalized spacial score (nSPS) is 15.8. The highest BCUT2D eigenvalue weighted by Gasteiger charge is 2.19. The number of benzene rings is 2. The van der Waals surface area contributed by atoms with Crippen LogP contribution in [0.1, 0.15) is 5.01 Å². The summed E-state index contributed by atoms with van der Waals surface area (Å²) in [5.41, 5.74) is 2.19. The molecule has 1 fully saturated rings. The van der Waals surface area contributed by atoms with Crippen LogP contribution >= 0.6 is 11.3 Å². The molecule has 0 radical (unpaired) electrons. The van der Waals surface area contributed by atoms with Crippen LogP contribution in [0.4, 0.5) is 5.82 Å². The number of nitrogens with zero attached hydrogens (tertiary/aromatic N) is 4. The largest absolute Gasteiger partial charge is 0.354 e. The molecule has 0 spiro atoms. The van der Waals surface area contributed by atoms with Gasteiger partial charge in [0, 0.05) is 31.6 Å². The van der Waals surface area contributed by atoms with Crippen LogP contribution in [0.5, 0.6) is 0 Å². The third-order valence-electron chi connectivity index (χ3n) is 4.98. The van der Waals surface area contributed by atoms with Gasteiger partial charge in [-0.1, -0.05) is 30.3 Å². The van der Waals surface area contributed by atoms with Gasteiger partial charge in [0.25, 0.3) is 0 Å². The fourth-order valence-electron chi connectivity index (χ4n) is 3.55. The first-order chi connectivity index (χ1) is 12.8. The van der Waals surface area contributed by atoms with Crippen molar-refractivity contribution >= 4 is 38.3 Å². The summed E-state index contributed by atoms with van der Waals surface area (Å²) < 4.78 is 1.28. The highest BCUT2D eigenvalue weighted by Crippen LogP contribution is 2.24. The van der Waals surface area contributed by atoms with Crippen LogP contribution in [0, 0.1) is 0 Å². The Balaban J connectivity index is 1.26. The lowest BCUT2D eigenvalue weighted by molar-refractivity contribution is 0.249. The summed E-state index contributed by atoms with van der Waals surface area (Å²) >= 11 is 1.81. The molecule has 1 aliphatic heterocycles. The van der Waals surface area contributed by atoms with Gasteiger partial charge in [0.1, 0.15) is 10.8 Å². The zero-order valence-corrected chi connectivity index (χ0v) is 15.3. The number of rotatable bonds is 3. The number of anilines is 1. The van der Waals surface area contributed by atoms with Crippen LogP contribution in [-0.4, -0.2) is 41.0 Å². The Morgan fingerprint density at radius 2 is 1.54 bits per heavy atom. The van der Waals surface area contributed by atoms with Crippen LogP contribution in [0.2, 0.25) is 0 Å². The number of piperazine rings is 1. The highest BCUT2D eigenvalue weighted by molar-refractivity contribution is 7.18. The maximum absolute atomic E-state index is 4.83. The third-order valence-corrected chi connectivity index (χ3v) is 6.00. The van der Waals surface area contributed by atoms with Gasteiger partial charge in [0.15, 0.2) is 0 Å². The first-order valence-electron chi connectivity index (χ1n) is 9.03. The van der Waals surface area contributed by atoms with Crippen molar-refractivity contribution in [3.05, 3.63) is 65.7 Å². The molecule has 0 aliphatic carbocycles. The summed E-state index contributed by atoms with van der Waals surface area (Å²) in [5, 5.41) is 2.41. The molecule has 2 aromatic carbocycles. The lowest BCUT2D eigenvalue weighted by atomic mass is 10.2. The van der Waals surface area contributed by atoms with E-state index in [2.05, 4.69) is 70.5 Å². The second kappa shape index (κ2) is 6.67. The van der Waals surface area contributed by atoms with Gasteiger partial charge in [-0.25, -0.2) is 9.97 Å². The number of pyridine rings is 1. The van der Waals surface area contributed by atoms with E-state index < -0.39 is 0 Å². The van der Waals surface area contributed by atoms with E-state index >= 15 is 0 Å². The Morgan fingerprint density at radius 3 is 2.38 bits per heavy atom. The minimum Gasteiger partial charge on any atom is -0.354 e. The predicted octanol–water partition coefficient (Wildman–Crippen LogP) is 4.17. The molecular weight excluding hydrogens is 340 g/mol. The molecule has 0 N–H and O–H groups in total. The molecule has 2 aromatic heterocycles. The summed E-state index contributed by atoms with van der Waals surface area (Å²) in [7, 11) is 0. The average Bonchev–Trinajstić information content (AvgIpc) is 3.10. The molecule has 0 saturated carbocycles. The minimum absolute atomic E-state index is 0.943. The molecule has 1 saturated heterocycles. The van der Waals surface area contributed by atoms with E-state index in [0.717, 1.165) is 49.6 Å². The van der Waals surface area contributed by atoms with Crippen LogP contribution in [0.25, 0.3) is 21.1 Å². The molecule has 130 valence electrons. The monoisotopic (exact) mass is 360 g/mol. The number of hydrogen-bond donors (Lipinski definition) is 0. The smallest absolute Gasteiger partial charge is 0.129 e. The molecule has 0 amide bonds. The van der Waals surface area contributed by atoms with Crippen LogP contribution in [0.15, 0.2) is 60.7 Å². The maximum atomic E-state index is 4.83. The number of aromatic nitrogens is 2. The highest BCUT2D eigenvalue weighted by atomic mass is 32.1. The zero-order valence-electron chi connectivity index (χ0n) is 14.5. The lowest BCUT2D eigenvalue weighted by Gasteiger charge is -2.35. The Hall–Kier alpha value is -2.50. The SMILES string of the molecule is c1ccc2nc(N3CCN(Cc4nc5ccccc5s4)CC3)ccc2c1. The Labute approximate surface area is 156 Å². The molecule has 1 aliphatic rings. The summed E-state index contributed by atoms with van der Waals surface area (Å²) in [6, 6.07) is 21.0. The molecule has 5 heteroatoms. The summed E-state index contributed by atoms with van der Waals surface area (Å²) in [4.78, 5) is 14.5. The van der Waals surface area contributed by atoms with E-state index in [1.165, 1.54) is 15.1 Å². The molecule has 4 aromatic rings. The fraction of sp³-hybridized carbons (Fsp3) is 0.238. The van der Waals surface area contributed by atoms with Gasteiger partial charge in [-0.3, -0.25) is 4.90 Å². The second-order valence-electron chi connectivity index (χ2n) is 6.70. The van der Waals surface area contributed by atoms with Gasteiger partial charge in [-0.2, -0.15) is 0 Å². The van der Waals surface area contributed by atoms with Crippen molar-refractivity contribution in [2.45, 2.75) is 6.54 Å². The van der Waals surface area contributed by atoms with Crippen molar-refractivity contribution < 1.29 is 0 Å². The molecule has 0 atom stereocenters. The third kappa shape index (κ3) is 3.04. The molecule has 0 bridgehead atoms. The average molecular weight is 360 g/mol. The van der Waals surface area contributed by atoms with E-state index in [-0.39, 0.29) is 0 Å². The number of hydrogen-bond acceptors (Lipinski definition) is 5. The zero-order chi connectivity index (χ0) is 17.3. The topological polar surface area (TPSA) is 32.3 Å². The number of para-hydroxylation sites is 2. The Morgan fingerprint density at radius 1 is 0.769 bits per heavy atom. The molecule has 3 heterocycles. The van der Waals surface area contributed by atoms with E-state index in [1.807, 2.05) is 11.3 Å². The van der Waals surface area contributed by atoms with Crippen LogP contribution in [0.3, 0.4) is 0 Å². The van der Waals surface area contributed by atoms with Gasteiger partial charge in [0.05, 0.1) is 22.3 Å². The molecule has 4 nitrogen and oxygen atoms in total. The summed E-state index contributed by atoms with van der Waals surface area (Å²) in [6.45, 7) is 5.06. The van der Waals surface area contributed by atoms with E-state index in [9.17, 15) is 0 Å². The predicted molar refractivity (Wildman–Crippen MR) is 109 cm³/mol. The number of thiazole rings is 1. The quantitative estimate of drug-likeness (QED) is 0.549. The van der Waals surface area contributed by atoms with Crippen molar-refractivity contribution in [2.24, 2.45) is 0 Å². The van der Waals surface area contributed by atoms with Gasteiger partial charge in [-0.15, -0.1) is 11.3 Å². The standard InChI is InChI=1S/C21H20N4S/c1-2-6-17-16(5-1)9-10-20(22-17)25-13-11-24(12-14-25)15-21-23-18-7-3-4-8-19(18)26-21/h1-10H,11-15H2. The first kappa shape index (κ1) is 15.7. The van der Waals surface area contributed by atoms with Gasteiger partial charge < -0.3 is 4.90 Å². The van der Waals surface area contributed by atoms with Crippen molar-refractivity contribution in [1.29, 1.82) is 0 Å². The van der Waals surface area contributed by atoms with Gasteiger partial charge >= 0.3 is 0 Å². The first-order valence-corrected chi connectivity index (χ1v) is 9.84. The van der Waals surface area contributed by atoms with E-state index in [0.29, 0.717) is 0 Å². The Kier molecular flexibility index (Phi) is 4.03. The van der Waals surface area contributed by atoms with Crippen molar-refractivity contribution in [2.75, 3.05) is 31.1 Å². The van der Waals surface area contributed by atoms with Gasteiger partial charge in [0.2, 0.25) is 0 Å². The summed E-state index contributed by atoms with van der Waals surface area (Å²) in [6.07, 6.45) is 0. The van der Waals surface area contributed by atoms with E-state index in [1.54, 1.807) is 0 Å². The van der Waals surface area contributed by atoms with Gasteiger partial charge in [-0.05, 0) is 30.3 Å². The molecule has 0 unspecified atom stereocenters.